The minimum Gasteiger partial charge on any atom is -0.368 e. The lowest BCUT2D eigenvalue weighted by Gasteiger charge is -2.25. The van der Waals surface area contributed by atoms with Crippen LogP contribution in [0.1, 0.15) is 32.4 Å². The van der Waals surface area contributed by atoms with E-state index >= 15 is 0 Å². The molecule has 1 aliphatic carbocycles. The molecule has 0 aromatic carbocycles. The van der Waals surface area contributed by atoms with E-state index < -0.39 is 0 Å². The third-order valence-corrected chi connectivity index (χ3v) is 4.43. The van der Waals surface area contributed by atoms with E-state index in [2.05, 4.69) is 46.1 Å². The molecule has 2 aromatic rings. The summed E-state index contributed by atoms with van der Waals surface area (Å²) in [4.78, 5) is 16.1. The van der Waals surface area contributed by atoms with Crippen molar-refractivity contribution >= 4 is 5.82 Å². The SMILES string of the molecule is CCc1cc(NCC(C)N(C)C2CC2)nc(-c2ccccn2)n1. The summed E-state index contributed by atoms with van der Waals surface area (Å²) in [6, 6.07) is 9.11. The number of hydrogen-bond donors (Lipinski definition) is 1. The topological polar surface area (TPSA) is 53.9 Å². The molecule has 0 amide bonds. The molecule has 2 aromatic heterocycles. The molecule has 1 aliphatic rings. The number of likely N-dealkylation sites (N-methyl/N-ethyl adjacent to an activating group) is 1. The van der Waals surface area contributed by atoms with Gasteiger partial charge in [0.05, 0.1) is 0 Å². The highest BCUT2D eigenvalue weighted by molar-refractivity contribution is 5.52. The summed E-state index contributed by atoms with van der Waals surface area (Å²) in [5, 5.41) is 3.47. The van der Waals surface area contributed by atoms with Crippen LogP contribution in [-0.4, -0.2) is 45.5 Å². The molecule has 122 valence electrons. The second kappa shape index (κ2) is 7.04. The quantitative estimate of drug-likeness (QED) is 0.852. The van der Waals surface area contributed by atoms with Gasteiger partial charge in [0, 0.05) is 36.6 Å². The zero-order chi connectivity index (χ0) is 16.2. The average molecular weight is 311 g/mol. The van der Waals surface area contributed by atoms with Gasteiger partial charge in [0.25, 0.3) is 0 Å². The number of aromatic nitrogens is 3. The lowest BCUT2D eigenvalue weighted by atomic mass is 10.2. The first-order valence-corrected chi connectivity index (χ1v) is 8.42. The maximum absolute atomic E-state index is 4.64. The van der Waals surface area contributed by atoms with Crippen LogP contribution in [0.3, 0.4) is 0 Å². The van der Waals surface area contributed by atoms with Gasteiger partial charge in [-0.15, -0.1) is 0 Å². The van der Waals surface area contributed by atoms with Gasteiger partial charge in [-0.3, -0.25) is 9.88 Å². The van der Waals surface area contributed by atoms with E-state index in [-0.39, 0.29) is 0 Å². The molecule has 1 fully saturated rings. The van der Waals surface area contributed by atoms with E-state index in [1.807, 2.05) is 24.3 Å². The van der Waals surface area contributed by atoms with Crippen LogP contribution >= 0.6 is 0 Å². The van der Waals surface area contributed by atoms with Crippen molar-refractivity contribution in [3.63, 3.8) is 0 Å². The van der Waals surface area contributed by atoms with Crippen LogP contribution in [0.5, 0.6) is 0 Å². The van der Waals surface area contributed by atoms with Gasteiger partial charge in [0.15, 0.2) is 5.82 Å². The second-order valence-electron chi connectivity index (χ2n) is 6.26. The van der Waals surface area contributed by atoms with E-state index in [9.17, 15) is 0 Å². The van der Waals surface area contributed by atoms with Crippen LogP contribution in [0, 0.1) is 0 Å². The highest BCUT2D eigenvalue weighted by Crippen LogP contribution is 2.27. The van der Waals surface area contributed by atoms with Crippen molar-refractivity contribution in [1.29, 1.82) is 0 Å². The third kappa shape index (κ3) is 4.05. The largest absolute Gasteiger partial charge is 0.368 e. The number of aryl methyl sites for hydroxylation is 1. The van der Waals surface area contributed by atoms with E-state index in [4.69, 9.17) is 0 Å². The smallest absolute Gasteiger partial charge is 0.180 e. The summed E-state index contributed by atoms with van der Waals surface area (Å²) < 4.78 is 0. The maximum Gasteiger partial charge on any atom is 0.180 e. The van der Waals surface area contributed by atoms with Crippen molar-refractivity contribution in [2.45, 2.75) is 45.2 Å². The van der Waals surface area contributed by atoms with Gasteiger partial charge in [-0.1, -0.05) is 13.0 Å². The molecule has 0 saturated heterocycles. The molecule has 1 atom stereocenters. The molecule has 0 bridgehead atoms. The zero-order valence-corrected chi connectivity index (χ0v) is 14.2. The first-order chi connectivity index (χ1) is 11.2. The predicted molar refractivity (Wildman–Crippen MR) is 93.4 cm³/mol. The van der Waals surface area contributed by atoms with Crippen LogP contribution in [0.15, 0.2) is 30.5 Å². The Balaban J connectivity index is 1.73. The highest BCUT2D eigenvalue weighted by Gasteiger charge is 2.28. The molecular weight excluding hydrogens is 286 g/mol. The summed E-state index contributed by atoms with van der Waals surface area (Å²) in [6.07, 6.45) is 5.32. The first-order valence-electron chi connectivity index (χ1n) is 8.42. The van der Waals surface area contributed by atoms with Gasteiger partial charge in [-0.2, -0.15) is 0 Å². The number of pyridine rings is 1. The van der Waals surface area contributed by atoms with E-state index in [1.54, 1.807) is 6.20 Å². The van der Waals surface area contributed by atoms with Crippen LogP contribution in [0.2, 0.25) is 0 Å². The van der Waals surface area contributed by atoms with Crippen LogP contribution in [0.25, 0.3) is 11.5 Å². The van der Waals surface area contributed by atoms with Gasteiger partial charge in [-0.25, -0.2) is 9.97 Å². The molecule has 5 nitrogen and oxygen atoms in total. The van der Waals surface area contributed by atoms with Crippen molar-refractivity contribution < 1.29 is 0 Å². The maximum atomic E-state index is 4.64. The summed E-state index contributed by atoms with van der Waals surface area (Å²) in [5.74, 6) is 1.57. The van der Waals surface area contributed by atoms with Crippen LogP contribution < -0.4 is 5.32 Å². The summed E-state index contributed by atoms with van der Waals surface area (Å²) in [5.41, 5.74) is 1.85. The number of nitrogens with one attached hydrogen (secondary N) is 1. The minimum atomic E-state index is 0.487. The molecule has 5 heteroatoms. The van der Waals surface area contributed by atoms with Gasteiger partial charge in [0.1, 0.15) is 11.5 Å². The highest BCUT2D eigenvalue weighted by atomic mass is 15.2. The molecular formula is C18H25N5. The number of hydrogen-bond acceptors (Lipinski definition) is 5. The molecule has 2 heterocycles. The van der Waals surface area contributed by atoms with Gasteiger partial charge in [0.2, 0.25) is 0 Å². The molecule has 1 unspecified atom stereocenters. The van der Waals surface area contributed by atoms with Crippen molar-refractivity contribution in [2.75, 3.05) is 18.9 Å². The Morgan fingerprint density at radius 2 is 2.13 bits per heavy atom. The van der Waals surface area contributed by atoms with Crippen molar-refractivity contribution in [2.24, 2.45) is 0 Å². The lowest BCUT2D eigenvalue weighted by Crippen LogP contribution is -2.36. The lowest BCUT2D eigenvalue weighted by molar-refractivity contribution is 0.257. The van der Waals surface area contributed by atoms with Crippen molar-refractivity contribution in [3.8, 4) is 11.5 Å². The Kier molecular flexibility index (Phi) is 4.86. The van der Waals surface area contributed by atoms with Crippen LogP contribution in [-0.2, 0) is 6.42 Å². The zero-order valence-electron chi connectivity index (χ0n) is 14.2. The van der Waals surface area contributed by atoms with E-state index in [0.717, 1.165) is 36.2 Å². The molecule has 0 spiro atoms. The van der Waals surface area contributed by atoms with Crippen molar-refractivity contribution in [3.05, 3.63) is 36.2 Å². The normalized spacial score (nSPS) is 15.7. The summed E-state index contributed by atoms with van der Waals surface area (Å²) in [6.45, 7) is 5.25. The standard InChI is InChI=1S/C18H25N5/c1-4-14-11-17(20-12-13(2)23(3)15-8-9-15)22-18(21-14)16-7-5-6-10-19-16/h5-7,10-11,13,15H,4,8-9,12H2,1-3H3,(H,20,21,22). The van der Waals surface area contributed by atoms with Gasteiger partial charge < -0.3 is 5.32 Å². The molecule has 23 heavy (non-hydrogen) atoms. The molecule has 0 aliphatic heterocycles. The van der Waals surface area contributed by atoms with Gasteiger partial charge >= 0.3 is 0 Å². The summed E-state index contributed by atoms with van der Waals surface area (Å²) in [7, 11) is 2.21. The fourth-order valence-electron chi connectivity index (χ4n) is 2.62. The Morgan fingerprint density at radius 1 is 1.30 bits per heavy atom. The second-order valence-corrected chi connectivity index (χ2v) is 6.26. The third-order valence-electron chi connectivity index (χ3n) is 4.43. The molecule has 3 rings (SSSR count). The Bertz CT molecular complexity index is 639. The number of nitrogens with zero attached hydrogens (tertiary/aromatic N) is 4. The Morgan fingerprint density at radius 3 is 2.78 bits per heavy atom. The summed E-state index contributed by atoms with van der Waals surface area (Å²) >= 11 is 0. The van der Waals surface area contributed by atoms with Crippen LogP contribution in [0.4, 0.5) is 5.82 Å². The first kappa shape index (κ1) is 15.9. The fourth-order valence-corrected chi connectivity index (χ4v) is 2.62. The van der Waals surface area contributed by atoms with Crippen molar-refractivity contribution in [1.82, 2.24) is 19.9 Å². The molecule has 1 saturated carbocycles. The van der Waals surface area contributed by atoms with E-state index in [1.165, 1.54) is 12.8 Å². The van der Waals surface area contributed by atoms with E-state index in [0.29, 0.717) is 11.9 Å². The fraction of sp³-hybridized carbons (Fsp3) is 0.500. The minimum absolute atomic E-state index is 0.487. The molecule has 0 radical (unpaired) electrons. The number of rotatable bonds is 7. The monoisotopic (exact) mass is 311 g/mol. The Hall–Kier alpha value is -2.01. The average Bonchev–Trinajstić information content (AvgIpc) is 3.44. The number of anilines is 1. The molecule has 1 N–H and O–H groups in total. The Labute approximate surface area is 138 Å². The predicted octanol–water partition coefficient (Wildman–Crippen LogP) is 3.00. The van der Waals surface area contributed by atoms with Gasteiger partial charge in [-0.05, 0) is 45.4 Å².